The molecule has 0 bridgehead atoms. The molecule has 0 saturated heterocycles. The molecule has 1 rings (SSSR count). The van der Waals surface area contributed by atoms with Crippen LogP contribution in [0.15, 0.2) is 0 Å². The summed E-state index contributed by atoms with van der Waals surface area (Å²) in [7, 11) is 1.33. The second-order valence-electron chi connectivity index (χ2n) is 5.76. The maximum Gasteiger partial charge on any atom is 0.326 e. The summed E-state index contributed by atoms with van der Waals surface area (Å²) in [5.41, 5.74) is 4.26. The minimum atomic E-state index is -1.13. The van der Waals surface area contributed by atoms with Crippen LogP contribution in [-0.4, -0.2) is 30.2 Å². The van der Waals surface area contributed by atoms with Gasteiger partial charge in [0.2, 0.25) is 0 Å². The Kier molecular flexibility index (Phi) is 3.52. The first kappa shape index (κ1) is 14.0. The molecule has 0 aliphatic heterocycles. The maximum absolute atomic E-state index is 11.9. The molecule has 0 spiro atoms. The van der Waals surface area contributed by atoms with Crippen molar-refractivity contribution in [3.8, 4) is 0 Å². The van der Waals surface area contributed by atoms with Crippen molar-refractivity contribution < 1.29 is 19.1 Å². The van der Waals surface area contributed by atoms with Gasteiger partial charge in [-0.05, 0) is 34.1 Å². The average Bonchev–Trinajstić information content (AvgIpc) is 2.93. The van der Waals surface area contributed by atoms with E-state index >= 15 is 0 Å². The summed E-state index contributed by atoms with van der Waals surface area (Å²) in [5.74, 6) is -1.25. The van der Waals surface area contributed by atoms with Crippen LogP contribution in [0.25, 0.3) is 0 Å². The van der Waals surface area contributed by atoms with E-state index in [1.807, 2.05) is 0 Å². The van der Waals surface area contributed by atoms with Gasteiger partial charge in [0.1, 0.15) is 11.1 Å². The highest BCUT2D eigenvalue weighted by atomic mass is 16.6. The van der Waals surface area contributed by atoms with Crippen LogP contribution < -0.4 is 5.73 Å². The molecule has 0 aromatic rings. The van der Waals surface area contributed by atoms with Gasteiger partial charge in [0, 0.05) is 5.92 Å². The van der Waals surface area contributed by atoms with Gasteiger partial charge in [0.25, 0.3) is 0 Å². The summed E-state index contributed by atoms with van der Waals surface area (Å²) in [4.78, 5) is 23.2. The Morgan fingerprint density at radius 3 is 2.18 bits per heavy atom. The van der Waals surface area contributed by atoms with E-state index in [1.165, 1.54) is 7.11 Å². The van der Waals surface area contributed by atoms with Crippen molar-refractivity contribution in [2.24, 2.45) is 17.6 Å². The third kappa shape index (κ3) is 3.19. The second kappa shape index (κ2) is 4.29. The molecule has 1 fully saturated rings. The minimum Gasteiger partial charge on any atom is -0.469 e. The number of methoxy groups -OCH3 is 1. The Balaban J connectivity index is 2.64. The van der Waals surface area contributed by atoms with Crippen molar-refractivity contribution in [3.63, 3.8) is 0 Å². The van der Waals surface area contributed by atoms with Gasteiger partial charge >= 0.3 is 11.9 Å². The first-order valence-corrected chi connectivity index (χ1v) is 5.69. The fourth-order valence-corrected chi connectivity index (χ4v) is 1.81. The van der Waals surface area contributed by atoms with Gasteiger partial charge in [-0.25, -0.2) is 0 Å². The highest BCUT2D eigenvalue weighted by Crippen LogP contribution is 2.46. The lowest BCUT2D eigenvalue weighted by atomic mass is 9.95. The predicted octanol–water partition coefficient (Wildman–Crippen LogP) is 0.855. The molecule has 2 N–H and O–H groups in total. The standard InChI is InChI=1S/C12H21NO4/c1-11(2,3)17-10(15)12(4,13)8-6-7(8)9(14)16-5/h7-8H,6,13H2,1-5H3. The minimum absolute atomic E-state index is 0.190. The fraction of sp³-hybridized carbons (Fsp3) is 0.833. The quantitative estimate of drug-likeness (QED) is 0.743. The Labute approximate surface area is 102 Å². The van der Waals surface area contributed by atoms with Crippen molar-refractivity contribution in [3.05, 3.63) is 0 Å². The van der Waals surface area contributed by atoms with Crippen molar-refractivity contribution >= 4 is 11.9 Å². The van der Waals surface area contributed by atoms with Crippen molar-refractivity contribution in [1.29, 1.82) is 0 Å². The summed E-state index contributed by atoms with van der Waals surface area (Å²) in [6.07, 6.45) is 0.582. The van der Waals surface area contributed by atoms with Crippen molar-refractivity contribution in [1.82, 2.24) is 0 Å². The third-order valence-electron chi connectivity index (χ3n) is 2.90. The molecular formula is C12H21NO4. The Bertz CT molecular complexity index is 330. The van der Waals surface area contributed by atoms with E-state index in [9.17, 15) is 9.59 Å². The van der Waals surface area contributed by atoms with Crippen LogP contribution in [0.5, 0.6) is 0 Å². The number of ether oxygens (including phenoxy) is 2. The highest BCUT2D eigenvalue weighted by molar-refractivity contribution is 5.85. The normalized spacial score (nSPS) is 26.9. The number of carbonyl (C=O) groups excluding carboxylic acids is 2. The molecule has 3 atom stereocenters. The number of nitrogens with two attached hydrogens (primary N) is 1. The lowest BCUT2D eigenvalue weighted by molar-refractivity contribution is -0.162. The zero-order valence-corrected chi connectivity index (χ0v) is 11.1. The second-order valence-corrected chi connectivity index (χ2v) is 5.76. The van der Waals surface area contributed by atoms with Gasteiger partial charge in [-0.2, -0.15) is 0 Å². The van der Waals surface area contributed by atoms with E-state index in [1.54, 1.807) is 27.7 Å². The molecule has 98 valence electrons. The highest BCUT2D eigenvalue weighted by Gasteiger charge is 2.57. The molecule has 0 heterocycles. The molecule has 1 aliphatic rings. The van der Waals surface area contributed by atoms with Crippen LogP contribution in [0, 0.1) is 11.8 Å². The summed E-state index contributed by atoms with van der Waals surface area (Å²) in [6, 6.07) is 0. The van der Waals surface area contributed by atoms with Crippen molar-refractivity contribution in [2.45, 2.75) is 45.3 Å². The topological polar surface area (TPSA) is 78.6 Å². The van der Waals surface area contributed by atoms with Crippen LogP contribution in [0.1, 0.15) is 34.1 Å². The van der Waals surface area contributed by atoms with E-state index in [2.05, 4.69) is 4.74 Å². The molecule has 1 aliphatic carbocycles. The Morgan fingerprint density at radius 2 is 1.76 bits per heavy atom. The Morgan fingerprint density at radius 1 is 1.24 bits per heavy atom. The van der Waals surface area contributed by atoms with Crippen LogP contribution in [0.4, 0.5) is 0 Å². The smallest absolute Gasteiger partial charge is 0.326 e. The van der Waals surface area contributed by atoms with E-state index in [0.29, 0.717) is 6.42 Å². The van der Waals surface area contributed by atoms with Crippen molar-refractivity contribution in [2.75, 3.05) is 7.11 Å². The van der Waals surface area contributed by atoms with Gasteiger partial charge in [0.15, 0.2) is 0 Å². The van der Waals surface area contributed by atoms with Gasteiger partial charge in [-0.1, -0.05) is 0 Å². The summed E-state index contributed by atoms with van der Waals surface area (Å²) in [5, 5.41) is 0. The van der Waals surface area contributed by atoms with Gasteiger partial charge < -0.3 is 15.2 Å². The largest absolute Gasteiger partial charge is 0.469 e. The molecule has 5 heteroatoms. The van der Waals surface area contributed by atoms with Crippen LogP contribution in [-0.2, 0) is 19.1 Å². The zero-order chi connectivity index (χ0) is 13.4. The summed E-state index contributed by atoms with van der Waals surface area (Å²) < 4.78 is 9.88. The zero-order valence-electron chi connectivity index (χ0n) is 11.1. The monoisotopic (exact) mass is 243 g/mol. The van der Waals surface area contributed by atoms with E-state index in [4.69, 9.17) is 10.5 Å². The molecule has 5 nitrogen and oxygen atoms in total. The number of rotatable bonds is 3. The number of hydrogen-bond acceptors (Lipinski definition) is 5. The molecular weight excluding hydrogens is 222 g/mol. The van der Waals surface area contributed by atoms with E-state index in [-0.39, 0.29) is 17.8 Å². The van der Waals surface area contributed by atoms with Crippen LogP contribution >= 0.6 is 0 Å². The third-order valence-corrected chi connectivity index (χ3v) is 2.90. The average molecular weight is 243 g/mol. The first-order valence-electron chi connectivity index (χ1n) is 5.69. The molecule has 3 unspecified atom stereocenters. The molecule has 0 aromatic carbocycles. The van der Waals surface area contributed by atoms with Crippen LogP contribution in [0.3, 0.4) is 0 Å². The summed E-state index contributed by atoms with van der Waals surface area (Å²) in [6.45, 7) is 6.96. The predicted molar refractivity (Wildman–Crippen MR) is 62.1 cm³/mol. The molecule has 0 aromatic heterocycles. The van der Waals surface area contributed by atoms with Crippen LogP contribution in [0.2, 0.25) is 0 Å². The Hall–Kier alpha value is -1.10. The molecule has 0 amide bonds. The number of carbonyl (C=O) groups is 2. The number of hydrogen-bond donors (Lipinski definition) is 1. The lowest BCUT2D eigenvalue weighted by Crippen LogP contribution is -2.51. The maximum atomic E-state index is 11.9. The van der Waals surface area contributed by atoms with Gasteiger partial charge in [0.05, 0.1) is 13.0 Å². The fourth-order valence-electron chi connectivity index (χ4n) is 1.81. The van der Waals surface area contributed by atoms with E-state index < -0.39 is 17.1 Å². The first-order chi connectivity index (χ1) is 7.59. The molecule has 17 heavy (non-hydrogen) atoms. The molecule has 1 saturated carbocycles. The molecule has 0 radical (unpaired) electrons. The SMILES string of the molecule is COC(=O)C1CC1C(C)(N)C(=O)OC(C)(C)C. The van der Waals surface area contributed by atoms with E-state index in [0.717, 1.165) is 0 Å². The summed E-state index contributed by atoms with van der Waals surface area (Å²) >= 11 is 0. The van der Waals surface area contributed by atoms with Gasteiger partial charge in [-0.15, -0.1) is 0 Å². The lowest BCUT2D eigenvalue weighted by Gasteiger charge is -2.28. The van der Waals surface area contributed by atoms with Gasteiger partial charge in [-0.3, -0.25) is 9.59 Å². The number of esters is 2.